The van der Waals surface area contributed by atoms with Crippen LogP contribution in [0.15, 0.2) is 100 Å². The molecule has 2 aromatic carbocycles. The first kappa shape index (κ1) is 47.4. The molecular formula is C44H33Br2ClFN11O8. The first-order chi connectivity index (χ1) is 32.0. The topological polar surface area (TPSA) is 258 Å². The summed E-state index contributed by atoms with van der Waals surface area (Å²) < 4.78 is 20.5. The number of aromatic nitrogens is 10. The van der Waals surface area contributed by atoms with Crippen molar-refractivity contribution in [1.29, 1.82) is 0 Å². The number of nitro benzene ring substituents is 1. The third-order valence-electron chi connectivity index (χ3n) is 9.92. The van der Waals surface area contributed by atoms with Gasteiger partial charge in [0, 0.05) is 68.7 Å². The van der Waals surface area contributed by atoms with E-state index >= 15 is 0 Å². The van der Waals surface area contributed by atoms with E-state index in [4.69, 9.17) is 26.9 Å². The van der Waals surface area contributed by atoms with Gasteiger partial charge in [-0.2, -0.15) is 15.3 Å². The number of fused-ring (bicyclic) bond motifs is 3. The molecule has 0 aliphatic carbocycles. The predicted molar refractivity (Wildman–Crippen MR) is 249 cm³/mol. The minimum absolute atomic E-state index is 0.0118. The van der Waals surface area contributed by atoms with E-state index in [1.54, 1.807) is 39.5 Å². The SMILES string of the molecule is CCc1cc(C(=O)O)nc2cc(-c3ccc(Br)cc3Cl)nn12.CCc1cc(C(=O)O)nc2cc(-c3ccc(Br)nc3)nn12.CCc1cc(C(=O)O)nc2cc(-c3ccc([N+](=O)[O-])cc3F)nn12. The van der Waals surface area contributed by atoms with Gasteiger partial charge in [-0.05, 0) is 83.7 Å². The third kappa shape index (κ3) is 10.3. The van der Waals surface area contributed by atoms with Crippen LogP contribution in [0.5, 0.6) is 0 Å². The molecule has 0 radical (unpaired) electrons. The molecule has 7 aromatic heterocycles. The Labute approximate surface area is 399 Å². The summed E-state index contributed by atoms with van der Waals surface area (Å²) in [5, 5.41) is 51.8. The molecule has 3 N–H and O–H groups in total. The van der Waals surface area contributed by atoms with Crippen molar-refractivity contribution in [3.05, 3.63) is 155 Å². The number of aromatic carboxylic acids is 3. The van der Waals surface area contributed by atoms with Crippen molar-refractivity contribution in [1.82, 2.24) is 48.8 Å². The van der Waals surface area contributed by atoms with Crippen LogP contribution in [-0.4, -0.2) is 86.9 Å². The summed E-state index contributed by atoms with van der Waals surface area (Å²) in [6.45, 7) is 5.71. The van der Waals surface area contributed by atoms with Crippen LogP contribution in [0, 0.1) is 15.9 Å². The number of nitro groups is 1. The number of carboxylic acid groups (broad SMARTS) is 3. The Bertz CT molecular complexity index is 3420. The molecule has 0 unspecified atom stereocenters. The van der Waals surface area contributed by atoms with Crippen LogP contribution in [0.25, 0.3) is 50.7 Å². The average Bonchev–Trinajstić information content (AvgIpc) is 4.06. The lowest BCUT2D eigenvalue weighted by molar-refractivity contribution is -0.385. The Morgan fingerprint density at radius 3 is 1.49 bits per heavy atom. The van der Waals surface area contributed by atoms with Gasteiger partial charge in [-0.15, -0.1) is 0 Å². The van der Waals surface area contributed by atoms with Gasteiger partial charge >= 0.3 is 17.9 Å². The van der Waals surface area contributed by atoms with Gasteiger partial charge in [0.1, 0.15) is 10.4 Å². The smallest absolute Gasteiger partial charge is 0.354 e. The van der Waals surface area contributed by atoms with Crippen LogP contribution in [0.4, 0.5) is 10.1 Å². The molecule has 9 aromatic rings. The number of non-ortho nitro benzene ring substituents is 1. The van der Waals surface area contributed by atoms with Crippen LogP contribution in [0.3, 0.4) is 0 Å². The average molecular weight is 1060 g/mol. The van der Waals surface area contributed by atoms with Crippen LogP contribution in [0.1, 0.15) is 69.3 Å². The lowest BCUT2D eigenvalue weighted by Crippen LogP contribution is -2.06. The van der Waals surface area contributed by atoms with Crippen molar-refractivity contribution >= 4 is 84.0 Å². The second-order valence-electron chi connectivity index (χ2n) is 14.2. The van der Waals surface area contributed by atoms with E-state index in [0.717, 1.165) is 37.7 Å². The normalized spacial score (nSPS) is 11.0. The van der Waals surface area contributed by atoms with E-state index in [-0.39, 0.29) is 39.7 Å². The molecule has 0 saturated heterocycles. The quantitative estimate of drug-likeness (QED) is 0.0654. The number of hydrogen-bond acceptors (Lipinski definition) is 12. The molecule has 0 saturated carbocycles. The number of carboxylic acids is 3. The number of benzene rings is 2. The minimum atomic E-state index is -1.17. The van der Waals surface area contributed by atoms with Crippen LogP contribution in [-0.2, 0) is 19.3 Å². The number of nitrogens with zero attached hydrogens (tertiary/aromatic N) is 11. The van der Waals surface area contributed by atoms with Crippen LogP contribution < -0.4 is 0 Å². The van der Waals surface area contributed by atoms with E-state index in [1.165, 1.54) is 34.8 Å². The fourth-order valence-corrected chi connectivity index (χ4v) is 7.65. The molecule has 0 aliphatic rings. The summed E-state index contributed by atoms with van der Waals surface area (Å²) in [7, 11) is 0. The van der Waals surface area contributed by atoms with Crippen molar-refractivity contribution in [2.24, 2.45) is 0 Å². The molecule has 0 bridgehead atoms. The molecule has 7 heterocycles. The molecule has 0 spiro atoms. The van der Waals surface area contributed by atoms with Crippen molar-refractivity contribution in [2.45, 2.75) is 40.0 Å². The van der Waals surface area contributed by atoms with E-state index in [0.29, 0.717) is 52.7 Å². The van der Waals surface area contributed by atoms with Gasteiger partial charge in [0.05, 0.1) is 33.1 Å². The largest absolute Gasteiger partial charge is 0.477 e. The highest BCUT2D eigenvalue weighted by atomic mass is 79.9. The molecular weight excluding hydrogens is 1020 g/mol. The summed E-state index contributed by atoms with van der Waals surface area (Å²) in [4.78, 5) is 59.8. The van der Waals surface area contributed by atoms with Gasteiger partial charge in [0.25, 0.3) is 5.69 Å². The van der Waals surface area contributed by atoms with Crippen LogP contribution in [0.2, 0.25) is 5.02 Å². The van der Waals surface area contributed by atoms with Crippen molar-refractivity contribution in [2.75, 3.05) is 0 Å². The maximum Gasteiger partial charge on any atom is 0.354 e. The minimum Gasteiger partial charge on any atom is -0.477 e. The Balaban J connectivity index is 0.000000149. The third-order valence-corrected chi connectivity index (χ3v) is 11.2. The number of rotatable bonds is 10. The van der Waals surface area contributed by atoms with Crippen LogP contribution >= 0.6 is 43.5 Å². The van der Waals surface area contributed by atoms with Gasteiger partial charge in [0.15, 0.2) is 34.0 Å². The fourth-order valence-electron chi connectivity index (χ4n) is 6.65. The highest BCUT2D eigenvalue weighted by molar-refractivity contribution is 9.10. The first-order valence-electron chi connectivity index (χ1n) is 19.9. The molecule has 0 amide bonds. The number of aryl methyl sites for hydroxylation is 3. The summed E-state index contributed by atoms with van der Waals surface area (Å²) in [6.07, 6.45) is 3.52. The Morgan fingerprint density at radius 1 is 0.642 bits per heavy atom. The summed E-state index contributed by atoms with van der Waals surface area (Å²) >= 11 is 12.9. The Hall–Kier alpha value is -7.56. The van der Waals surface area contributed by atoms with E-state index in [2.05, 4.69) is 67.1 Å². The van der Waals surface area contributed by atoms with E-state index in [9.17, 15) is 28.9 Å². The van der Waals surface area contributed by atoms with Crippen molar-refractivity contribution in [3.63, 3.8) is 0 Å². The van der Waals surface area contributed by atoms with Gasteiger partial charge in [-0.25, -0.2) is 52.3 Å². The molecule has 0 atom stereocenters. The first-order valence-corrected chi connectivity index (χ1v) is 21.8. The molecule has 19 nitrogen and oxygen atoms in total. The maximum atomic E-state index is 14.1. The van der Waals surface area contributed by atoms with Gasteiger partial charge < -0.3 is 15.3 Å². The lowest BCUT2D eigenvalue weighted by Gasteiger charge is -2.03. The lowest BCUT2D eigenvalue weighted by atomic mass is 10.1. The Morgan fingerprint density at radius 2 is 1.09 bits per heavy atom. The summed E-state index contributed by atoms with van der Waals surface area (Å²) in [5.41, 5.74) is 6.28. The Kier molecular flexibility index (Phi) is 14.1. The molecule has 67 heavy (non-hydrogen) atoms. The zero-order chi connectivity index (χ0) is 48.3. The maximum absolute atomic E-state index is 14.1. The van der Waals surface area contributed by atoms with Gasteiger partial charge in [0.2, 0.25) is 0 Å². The number of hydrogen-bond donors (Lipinski definition) is 3. The molecule has 23 heteroatoms. The predicted octanol–water partition coefficient (Wildman–Crippen LogP) is 9.59. The second-order valence-corrected chi connectivity index (χ2v) is 16.3. The fraction of sp³-hybridized carbons (Fsp3) is 0.136. The van der Waals surface area contributed by atoms with Gasteiger partial charge in [-0.1, -0.05) is 54.4 Å². The highest BCUT2D eigenvalue weighted by Gasteiger charge is 2.19. The molecule has 9 rings (SSSR count). The monoisotopic (exact) mass is 1060 g/mol. The number of carbonyl (C=O) groups is 3. The van der Waals surface area contributed by atoms with Crippen molar-refractivity contribution < 1.29 is 39.0 Å². The highest BCUT2D eigenvalue weighted by Crippen LogP contribution is 2.31. The van der Waals surface area contributed by atoms with E-state index in [1.807, 2.05) is 45.0 Å². The zero-order valence-electron chi connectivity index (χ0n) is 35.1. The second kappa shape index (κ2) is 19.9. The molecule has 0 aliphatic heterocycles. The van der Waals surface area contributed by atoms with Gasteiger partial charge in [-0.3, -0.25) is 10.1 Å². The number of pyridine rings is 1. The number of halogens is 4. The van der Waals surface area contributed by atoms with E-state index < -0.39 is 28.6 Å². The molecule has 0 fully saturated rings. The summed E-state index contributed by atoms with van der Waals surface area (Å²) in [6, 6.07) is 21.9. The zero-order valence-corrected chi connectivity index (χ0v) is 39.0. The summed E-state index contributed by atoms with van der Waals surface area (Å²) in [5.74, 6) is -4.05. The van der Waals surface area contributed by atoms with Crippen molar-refractivity contribution in [3.8, 4) is 33.8 Å². The molecule has 340 valence electrons. The standard InChI is InChI=1S/C15H11BrClN3O2.C15H11FN4O4.C14H11BrN4O2/c1-2-9-6-13(15(21)22)18-14-7-12(19-20(9)14)10-4-3-8(16)5-11(10)17;1-2-8-6-13(15(21)22)17-14-7-12(18-19(8)14)10-4-3-9(20(23)24)5-11(10)16;1-2-9-5-11(14(20)21)17-13-6-10(18-19(9)13)8-3-4-12(15)16-7-8/h3-7H,2H2,1H3,(H,21,22);3-7H,2H2,1H3,(H,21,22);3-7H,2H2,1H3,(H,20,21).